The number of ether oxygens (including phenoxy) is 2. The Balaban J connectivity index is 2.33. The number of carbonyl (C=O) groups excluding carboxylic acids is 1. The van der Waals surface area contributed by atoms with Gasteiger partial charge in [-0.1, -0.05) is 30.3 Å². The molecule has 4 heteroatoms. The molecule has 0 unspecified atom stereocenters. The number of carbonyl (C=O) groups is 1. The van der Waals surface area contributed by atoms with Gasteiger partial charge in [-0.3, -0.25) is 4.79 Å². The molecule has 0 bridgehead atoms. The summed E-state index contributed by atoms with van der Waals surface area (Å²) in [6, 6.07) is 13.6. The third-order valence-corrected chi connectivity index (χ3v) is 3.00. The maximum absolute atomic E-state index is 12.2. The highest BCUT2D eigenvalue weighted by molar-refractivity contribution is 5.99. The molecule has 0 saturated carbocycles. The van der Waals surface area contributed by atoms with Crippen molar-refractivity contribution in [3.8, 4) is 11.5 Å². The maximum Gasteiger partial charge on any atom is 0.195 e. The fourth-order valence-corrected chi connectivity index (χ4v) is 1.90. The molecule has 0 aliphatic carbocycles. The lowest BCUT2D eigenvalue weighted by Crippen LogP contribution is -2.12. The number of aliphatic hydroxyl groups is 1. The van der Waals surface area contributed by atoms with Gasteiger partial charge in [0.05, 0.1) is 14.2 Å². The molecule has 20 heavy (non-hydrogen) atoms. The molecule has 0 aliphatic rings. The van der Waals surface area contributed by atoms with Gasteiger partial charge in [-0.2, -0.15) is 0 Å². The molecule has 0 aliphatic heterocycles. The molecule has 0 radical (unpaired) electrons. The fourth-order valence-electron chi connectivity index (χ4n) is 1.90. The molecule has 4 nitrogen and oxygen atoms in total. The quantitative estimate of drug-likeness (QED) is 0.850. The second kappa shape index (κ2) is 6.21. The van der Waals surface area contributed by atoms with Gasteiger partial charge in [-0.15, -0.1) is 0 Å². The Kier molecular flexibility index (Phi) is 4.38. The highest BCUT2D eigenvalue weighted by atomic mass is 16.5. The number of ketones is 1. The van der Waals surface area contributed by atoms with Crippen LogP contribution in [0.2, 0.25) is 0 Å². The van der Waals surface area contributed by atoms with Gasteiger partial charge in [-0.05, 0) is 17.7 Å². The summed E-state index contributed by atoms with van der Waals surface area (Å²) in [5, 5.41) is 10.2. The molecular weight excluding hydrogens is 256 g/mol. The average Bonchev–Trinajstić information content (AvgIpc) is 2.53. The summed E-state index contributed by atoms with van der Waals surface area (Å²) in [5.74, 6) is 0.694. The Morgan fingerprint density at radius 2 is 1.55 bits per heavy atom. The second-order valence-corrected chi connectivity index (χ2v) is 4.28. The number of Topliss-reactive ketones (excluding diaryl/α,β-unsaturated/α-hetero) is 1. The first-order chi connectivity index (χ1) is 9.65. The van der Waals surface area contributed by atoms with Crippen LogP contribution in [-0.2, 0) is 0 Å². The van der Waals surface area contributed by atoms with E-state index in [1.807, 2.05) is 6.07 Å². The van der Waals surface area contributed by atoms with Gasteiger partial charge in [0.15, 0.2) is 5.78 Å². The van der Waals surface area contributed by atoms with Gasteiger partial charge in [0, 0.05) is 11.6 Å². The zero-order valence-electron chi connectivity index (χ0n) is 11.4. The third-order valence-electron chi connectivity index (χ3n) is 3.00. The molecular formula is C16H16O4. The van der Waals surface area contributed by atoms with E-state index in [2.05, 4.69) is 0 Å². The van der Waals surface area contributed by atoms with Crippen molar-refractivity contribution in [2.75, 3.05) is 14.2 Å². The first-order valence-corrected chi connectivity index (χ1v) is 6.16. The SMILES string of the molecule is COc1cc(OC)cc([C@@H](O)C(=O)c2ccccc2)c1. The van der Waals surface area contributed by atoms with Crippen LogP contribution in [0.5, 0.6) is 11.5 Å². The van der Waals surface area contributed by atoms with Gasteiger partial charge in [-0.25, -0.2) is 0 Å². The zero-order chi connectivity index (χ0) is 14.5. The van der Waals surface area contributed by atoms with Gasteiger partial charge >= 0.3 is 0 Å². The van der Waals surface area contributed by atoms with E-state index in [0.29, 0.717) is 22.6 Å². The van der Waals surface area contributed by atoms with Crippen LogP contribution in [0, 0.1) is 0 Å². The van der Waals surface area contributed by atoms with Crippen molar-refractivity contribution >= 4 is 5.78 Å². The van der Waals surface area contributed by atoms with E-state index in [9.17, 15) is 9.90 Å². The van der Waals surface area contributed by atoms with Gasteiger partial charge in [0.2, 0.25) is 0 Å². The van der Waals surface area contributed by atoms with Crippen LogP contribution in [0.25, 0.3) is 0 Å². The predicted octanol–water partition coefficient (Wildman–Crippen LogP) is 2.62. The summed E-state index contributed by atoms with van der Waals surface area (Å²) in [6.45, 7) is 0. The van der Waals surface area contributed by atoms with Crippen molar-refractivity contribution in [1.82, 2.24) is 0 Å². The van der Waals surface area contributed by atoms with Crippen molar-refractivity contribution in [3.05, 3.63) is 59.7 Å². The highest BCUT2D eigenvalue weighted by Crippen LogP contribution is 2.28. The smallest absolute Gasteiger partial charge is 0.195 e. The van der Waals surface area contributed by atoms with E-state index in [-0.39, 0.29) is 5.78 Å². The zero-order valence-corrected chi connectivity index (χ0v) is 11.4. The molecule has 0 fully saturated rings. The molecule has 1 N–H and O–H groups in total. The summed E-state index contributed by atoms with van der Waals surface area (Å²) >= 11 is 0. The Morgan fingerprint density at radius 1 is 1.00 bits per heavy atom. The standard InChI is InChI=1S/C16H16O4/c1-19-13-8-12(9-14(10-13)20-2)16(18)15(17)11-6-4-3-5-7-11/h3-10,16,18H,1-2H3/t16-/m1/s1. The number of rotatable bonds is 5. The van der Waals surface area contributed by atoms with E-state index >= 15 is 0 Å². The lowest BCUT2D eigenvalue weighted by Gasteiger charge is -2.13. The summed E-state index contributed by atoms with van der Waals surface area (Å²) in [5.41, 5.74) is 0.900. The van der Waals surface area contributed by atoms with Crippen molar-refractivity contribution in [3.63, 3.8) is 0 Å². The van der Waals surface area contributed by atoms with Crippen LogP contribution in [0.1, 0.15) is 22.0 Å². The number of hydrogen-bond donors (Lipinski definition) is 1. The molecule has 2 aromatic carbocycles. The van der Waals surface area contributed by atoms with E-state index in [1.54, 1.807) is 42.5 Å². The largest absolute Gasteiger partial charge is 0.497 e. The topological polar surface area (TPSA) is 55.8 Å². The van der Waals surface area contributed by atoms with Crippen LogP contribution in [0.3, 0.4) is 0 Å². The normalized spacial score (nSPS) is 11.8. The maximum atomic E-state index is 12.2. The second-order valence-electron chi connectivity index (χ2n) is 4.28. The summed E-state index contributed by atoms with van der Waals surface area (Å²) in [6.07, 6.45) is -1.25. The van der Waals surface area contributed by atoms with E-state index in [4.69, 9.17) is 9.47 Å². The summed E-state index contributed by atoms with van der Waals surface area (Å²) in [4.78, 5) is 12.2. The predicted molar refractivity (Wildman–Crippen MR) is 75.3 cm³/mol. The van der Waals surface area contributed by atoms with E-state index < -0.39 is 6.10 Å². The van der Waals surface area contributed by atoms with Crippen molar-refractivity contribution in [2.24, 2.45) is 0 Å². The number of aliphatic hydroxyl groups excluding tert-OH is 1. The van der Waals surface area contributed by atoms with Crippen LogP contribution in [0.15, 0.2) is 48.5 Å². The van der Waals surface area contributed by atoms with Crippen LogP contribution in [-0.4, -0.2) is 25.1 Å². The number of hydrogen-bond acceptors (Lipinski definition) is 4. The van der Waals surface area contributed by atoms with Crippen molar-refractivity contribution in [2.45, 2.75) is 6.10 Å². The summed E-state index contributed by atoms with van der Waals surface area (Å²) in [7, 11) is 3.04. The van der Waals surface area contributed by atoms with Gasteiger partial charge < -0.3 is 14.6 Å². The Bertz CT molecular complexity index is 570. The monoisotopic (exact) mass is 272 g/mol. The molecule has 2 aromatic rings. The minimum Gasteiger partial charge on any atom is -0.497 e. The van der Waals surface area contributed by atoms with Crippen molar-refractivity contribution in [1.29, 1.82) is 0 Å². The number of methoxy groups -OCH3 is 2. The van der Waals surface area contributed by atoms with Crippen LogP contribution < -0.4 is 9.47 Å². The Hall–Kier alpha value is -2.33. The third kappa shape index (κ3) is 2.97. The van der Waals surface area contributed by atoms with Gasteiger partial charge in [0.25, 0.3) is 0 Å². The Labute approximate surface area is 117 Å². The van der Waals surface area contributed by atoms with Crippen molar-refractivity contribution < 1.29 is 19.4 Å². The van der Waals surface area contributed by atoms with Crippen LogP contribution >= 0.6 is 0 Å². The molecule has 1 atom stereocenters. The highest BCUT2D eigenvalue weighted by Gasteiger charge is 2.20. The molecule has 0 amide bonds. The average molecular weight is 272 g/mol. The van der Waals surface area contributed by atoms with Gasteiger partial charge in [0.1, 0.15) is 17.6 Å². The first kappa shape index (κ1) is 14.1. The van der Waals surface area contributed by atoms with E-state index in [0.717, 1.165) is 0 Å². The minimum atomic E-state index is -1.25. The van der Waals surface area contributed by atoms with Crippen LogP contribution in [0.4, 0.5) is 0 Å². The molecule has 2 rings (SSSR count). The minimum absolute atomic E-state index is 0.360. The molecule has 0 saturated heterocycles. The molecule has 0 heterocycles. The summed E-state index contributed by atoms with van der Waals surface area (Å²) < 4.78 is 10.3. The molecule has 104 valence electrons. The number of benzene rings is 2. The lowest BCUT2D eigenvalue weighted by molar-refractivity contribution is 0.0747. The Morgan fingerprint density at radius 3 is 2.05 bits per heavy atom. The molecule has 0 aromatic heterocycles. The van der Waals surface area contributed by atoms with E-state index in [1.165, 1.54) is 14.2 Å². The molecule has 0 spiro atoms. The lowest BCUT2D eigenvalue weighted by atomic mass is 9.99. The fraction of sp³-hybridized carbons (Fsp3) is 0.188. The first-order valence-electron chi connectivity index (χ1n) is 6.16.